The van der Waals surface area contributed by atoms with Gasteiger partial charge in [-0.05, 0) is 6.58 Å². The highest BCUT2D eigenvalue weighted by atomic mass is 31.2. The van der Waals surface area contributed by atoms with Gasteiger partial charge in [0.15, 0.2) is 6.10 Å². The normalized spacial score (nSPS) is 15.2. The Hall–Kier alpha value is -1.12. The molecule has 20 heavy (non-hydrogen) atoms. The summed E-state index contributed by atoms with van der Waals surface area (Å²) in [5.41, 5.74) is 5.12. The summed E-state index contributed by atoms with van der Waals surface area (Å²) in [6.45, 7) is 3.83. The van der Waals surface area contributed by atoms with Crippen LogP contribution < -0.4 is 5.73 Å². The van der Waals surface area contributed by atoms with Crippen LogP contribution in [0, 0.1) is 0 Å². The molecule has 0 aliphatic rings. The summed E-state index contributed by atoms with van der Waals surface area (Å²) in [5, 5.41) is 8.80. The van der Waals surface area contributed by atoms with Gasteiger partial charge in [-0.25, -0.2) is 4.57 Å². The summed E-state index contributed by atoms with van der Waals surface area (Å²) >= 11 is 0. The largest absolute Gasteiger partial charge is 0.481 e. The molecule has 0 aliphatic carbocycles. The predicted molar refractivity (Wildman–Crippen MR) is 68.7 cm³/mol. The molecule has 0 saturated heterocycles. The Morgan fingerprint density at radius 2 is 2.05 bits per heavy atom. The third kappa shape index (κ3) is 9.76. The van der Waals surface area contributed by atoms with Crippen LogP contribution in [0.2, 0.25) is 0 Å². The number of phosphoric ester groups is 1. The number of hydrogen-bond donors (Lipinski definition) is 3. The molecule has 0 radical (unpaired) electrons. The molecule has 0 saturated carbocycles. The number of carbonyl (C=O) groups excluding carboxylic acids is 1. The molecule has 118 valence electrons. The standard InChI is InChI=1S/C10H20NO8P/c1-3-10(13)19-9(6-16-8(2)12)7-18-20(14,15)17-5-4-11/h9,12H,2-7,11H2,1H3,(H,14,15)/t9-/m1/s1. The molecule has 4 N–H and O–H groups in total. The highest BCUT2D eigenvalue weighted by Crippen LogP contribution is 2.42. The maximum absolute atomic E-state index is 11.4. The van der Waals surface area contributed by atoms with Crippen LogP contribution in [0.3, 0.4) is 0 Å². The Balaban J connectivity index is 4.36. The lowest BCUT2D eigenvalue weighted by Gasteiger charge is -2.19. The molecule has 0 amide bonds. The SMILES string of the molecule is C=C(O)OC[C@H](COP(=O)(O)OCCN)OC(=O)CC. The molecule has 0 aromatic rings. The van der Waals surface area contributed by atoms with E-state index in [-0.39, 0.29) is 26.2 Å². The maximum Gasteiger partial charge on any atom is 0.472 e. The molecule has 10 heteroatoms. The van der Waals surface area contributed by atoms with Gasteiger partial charge < -0.3 is 25.2 Å². The van der Waals surface area contributed by atoms with Crippen LogP contribution in [-0.2, 0) is 27.9 Å². The van der Waals surface area contributed by atoms with Gasteiger partial charge in [0, 0.05) is 13.0 Å². The topological polar surface area (TPSA) is 138 Å². The molecule has 0 aliphatic heterocycles. The van der Waals surface area contributed by atoms with Gasteiger partial charge >= 0.3 is 13.8 Å². The first kappa shape index (κ1) is 18.9. The molecule has 0 aromatic carbocycles. The molecule has 0 spiro atoms. The summed E-state index contributed by atoms with van der Waals surface area (Å²) in [6.07, 6.45) is -0.884. The highest BCUT2D eigenvalue weighted by Gasteiger charge is 2.25. The van der Waals surface area contributed by atoms with Crippen molar-refractivity contribution in [2.24, 2.45) is 5.73 Å². The van der Waals surface area contributed by atoms with E-state index in [1.807, 2.05) is 0 Å². The fourth-order valence-electron chi connectivity index (χ4n) is 0.957. The van der Waals surface area contributed by atoms with Gasteiger partial charge in [-0.3, -0.25) is 13.8 Å². The number of phosphoric acid groups is 1. The molecule has 0 heterocycles. The van der Waals surface area contributed by atoms with E-state index < -0.39 is 32.4 Å². The lowest BCUT2D eigenvalue weighted by atomic mass is 10.4. The number of esters is 1. The van der Waals surface area contributed by atoms with Gasteiger partial charge in [0.1, 0.15) is 6.61 Å². The Morgan fingerprint density at radius 1 is 1.40 bits per heavy atom. The molecule has 0 fully saturated rings. The second-order valence-electron chi connectivity index (χ2n) is 3.56. The van der Waals surface area contributed by atoms with Crippen LogP contribution in [0.5, 0.6) is 0 Å². The Bertz CT molecular complexity index is 361. The van der Waals surface area contributed by atoms with Crippen LogP contribution in [0.25, 0.3) is 0 Å². The molecule has 2 atom stereocenters. The van der Waals surface area contributed by atoms with Crippen LogP contribution in [0.1, 0.15) is 13.3 Å². The van der Waals surface area contributed by atoms with Crippen molar-refractivity contribution in [3.63, 3.8) is 0 Å². The number of carbonyl (C=O) groups is 1. The van der Waals surface area contributed by atoms with E-state index in [0.29, 0.717) is 0 Å². The zero-order chi connectivity index (χ0) is 15.6. The minimum atomic E-state index is -4.27. The van der Waals surface area contributed by atoms with Crippen LogP contribution in [0.15, 0.2) is 12.5 Å². The Labute approximate surface area is 116 Å². The third-order valence-electron chi connectivity index (χ3n) is 1.82. The fourth-order valence-corrected chi connectivity index (χ4v) is 1.72. The number of hydrogen-bond acceptors (Lipinski definition) is 8. The summed E-state index contributed by atoms with van der Waals surface area (Å²) in [6, 6.07) is 0. The average Bonchev–Trinajstić information content (AvgIpc) is 2.39. The van der Waals surface area contributed by atoms with Crippen molar-refractivity contribution in [3.05, 3.63) is 12.5 Å². The van der Waals surface area contributed by atoms with Crippen molar-refractivity contribution in [2.45, 2.75) is 19.4 Å². The summed E-state index contributed by atoms with van der Waals surface area (Å²) < 4.78 is 30.1. The van der Waals surface area contributed by atoms with E-state index in [0.717, 1.165) is 0 Å². The maximum atomic E-state index is 11.4. The minimum Gasteiger partial charge on any atom is -0.481 e. The zero-order valence-electron chi connectivity index (χ0n) is 11.2. The van der Waals surface area contributed by atoms with Crippen molar-refractivity contribution in [1.82, 2.24) is 0 Å². The fraction of sp³-hybridized carbons (Fsp3) is 0.700. The quantitative estimate of drug-likeness (QED) is 0.282. The number of rotatable bonds is 11. The van der Waals surface area contributed by atoms with Crippen molar-refractivity contribution in [2.75, 3.05) is 26.4 Å². The Kier molecular flexibility index (Phi) is 9.19. The summed E-state index contributed by atoms with van der Waals surface area (Å²) in [4.78, 5) is 20.4. The number of ether oxygens (including phenoxy) is 2. The predicted octanol–water partition coefficient (Wildman–Crippen LogP) is 0.446. The van der Waals surface area contributed by atoms with Gasteiger partial charge in [0.05, 0.1) is 13.2 Å². The van der Waals surface area contributed by atoms with Crippen LogP contribution >= 0.6 is 7.82 Å². The molecular formula is C10H20NO8P. The van der Waals surface area contributed by atoms with Gasteiger partial charge in [-0.15, -0.1) is 0 Å². The van der Waals surface area contributed by atoms with E-state index in [1.165, 1.54) is 0 Å². The Morgan fingerprint density at radius 3 is 2.55 bits per heavy atom. The second-order valence-corrected chi connectivity index (χ2v) is 5.01. The number of aliphatic hydroxyl groups is 1. The van der Waals surface area contributed by atoms with Gasteiger partial charge in [0.2, 0.25) is 0 Å². The minimum absolute atomic E-state index is 0.0512. The molecular weight excluding hydrogens is 293 g/mol. The lowest BCUT2D eigenvalue weighted by Crippen LogP contribution is -2.28. The van der Waals surface area contributed by atoms with Gasteiger partial charge in [0.25, 0.3) is 5.95 Å². The van der Waals surface area contributed by atoms with E-state index in [4.69, 9.17) is 15.6 Å². The third-order valence-corrected chi connectivity index (χ3v) is 2.80. The van der Waals surface area contributed by atoms with E-state index in [9.17, 15) is 14.3 Å². The smallest absolute Gasteiger partial charge is 0.472 e. The average molecular weight is 313 g/mol. The van der Waals surface area contributed by atoms with Crippen molar-refractivity contribution < 1.29 is 37.9 Å². The highest BCUT2D eigenvalue weighted by molar-refractivity contribution is 7.47. The van der Waals surface area contributed by atoms with Crippen LogP contribution in [-0.4, -0.2) is 48.4 Å². The van der Waals surface area contributed by atoms with E-state index >= 15 is 0 Å². The second kappa shape index (κ2) is 9.73. The molecule has 0 rings (SSSR count). The molecule has 0 aromatic heterocycles. The van der Waals surface area contributed by atoms with E-state index in [2.05, 4.69) is 20.4 Å². The first-order chi connectivity index (χ1) is 9.30. The number of aliphatic hydroxyl groups excluding tert-OH is 1. The summed E-state index contributed by atoms with van der Waals surface area (Å²) in [7, 11) is -4.27. The zero-order valence-corrected chi connectivity index (χ0v) is 12.1. The van der Waals surface area contributed by atoms with Crippen LogP contribution in [0.4, 0.5) is 0 Å². The lowest BCUT2D eigenvalue weighted by molar-refractivity contribution is -0.154. The first-order valence-corrected chi connectivity index (χ1v) is 7.32. The first-order valence-electron chi connectivity index (χ1n) is 5.82. The molecule has 9 nitrogen and oxygen atoms in total. The van der Waals surface area contributed by atoms with Gasteiger partial charge in [-0.1, -0.05) is 6.92 Å². The number of nitrogens with two attached hydrogens (primary N) is 1. The molecule has 0 bridgehead atoms. The monoisotopic (exact) mass is 313 g/mol. The molecule has 1 unspecified atom stereocenters. The summed E-state index contributed by atoms with van der Waals surface area (Å²) in [5.74, 6) is -1.13. The van der Waals surface area contributed by atoms with Crippen molar-refractivity contribution >= 4 is 13.8 Å². The van der Waals surface area contributed by atoms with E-state index in [1.54, 1.807) is 6.92 Å². The van der Waals surface area contributed by atoms with Gasteiger partial charge in [-0.2, -0.15) is 0 Å². The van der Waals surface area contributed by atoms with Crippen molar-refractivity contribution in [1.29, 1.82) is 0 Å². The van der Waals surface area contributed by atoms with Crippen molar-refractivity contribution in [3.8, 4) is 0 Å².